The molecule has 11 heteroatoms. The normalized spacial score (nSPS) is 20.7. The number of thiophene rings is 1. The predicted octanol–water partition coefficient (Wildman–Crippen LogP) is 7.18. The van der Waals surface area contributed by atoms with Gasteiger partial charge < -0.3 is 15.4 Å². The van der Waals surface area contributed by atoms with Crippen LogP contribution in [-0.4, -0.2) is 34.4 Å². The number of rotatable bonds is 5. The quantitative estimate of drug-likeness (QED) is 0.315. The largest absolute Gasteiger partial charge is 0.462 e. The van der Waals surface area contributed by atoms with Crippen LogP contribution in [0.4, 0.5) is 24.0 Å². The number of hydrogen-bond acceptors (Lipinski definition) is 6. The molecule has 1 aromatic carbocycles. The predicted molar refractivity (Wildman–Crippen MR) is 148 cm³/mol. The maximum Gasteiger partial charge on any atom is 0.410 e. The standard InChI is InChI=1S/C29H33F3N4O3S/c1-5-39-27(38)24-18-12-11-17(28(2,3)4)13-21(18)40-26(24)34-25(37)20-15-23-33-19(16-9-7-6-8-10-16)14-22(29(30,31)32)36(23)35-20/h6-10,15,17,19,22,33H,5,11-14H2,1-4H3,(H,34,37). The molecular formula is C29H33F3N4O3S. The number of hydrogen-bond donors (Lipinski definition) is 2. The van der Waals surface area contributed by atoms with Crippen molar-refractivity contribution >= 4 is 34.0 Å². The van der Waals surface area contributed by atoms with Crippen LogP contribution in [0.3, 0.4) is 0 Å². The molecule has 3 heterocycles. The Kier molecular flexibility index (Phi) is 7.45. The summed E-state index contributed by atoms with van der Waals surface area (Å²) in [6, 6.07) is 7.73. The van der Waals surface area contributed by atoms with Crippen molar-refractivity contribution in [2.45, 2.75) is 71.6 Å². The molecule has 2 aromatic heterocycles. The average molecular weight is 575 g/mol. The first-order chi connectivity index (χ1) is 18.9. The van der Waals surface area contributed by atoms with Gasteiger partial charge in [-0.3, -0.25) is 4.79 Å². The molecular weight excluding hydrogens is 541 g/mol. The van der Waals surface area contributed by atoms with E-state index in [0.717, 1.165) is 28.0 Å². The minimum Gasteiger partial charge on any atom is -0.462 e. The summed E-state index contributed by atoms with van der Waals surface area (Å²) in [5, 5.41) is 10.3. The molecule has 2 aliphatic rings. The maximum atomic E-state index is 14.1. The number of aromatic nitrogens is 2. The molecule has 3 atom stereocenters. The summed E-state index contributed by atoms with van der Waals surface area (Å²) in [6.45, 7) is 8.47. The molecule has 5 rings (SSSR count). The van der Waals surface area contributed by atoms with Crippen molar-refractivity contribution < 1.29 is 27.5 Å². The van der Waals surface area contributed by atoms with E-state index in [1.807, 2.05) is 0 Å². The van der Waals surface area contributed by atoms with Crippen LogP contribution in [0.2, 0.25) is 0 Å². The number of benzene rings is 1. The first-order valence-electron chi connectivity index (χ1n) is 13.5. The van der Waals surface area contributed by atoms with Gasteiger partial charge in [0.25, 0.3) is 5.91 Å². The van der Waals surface area contributed by atoms with Gasteiger partial charge in [0.15, 0.2) is 11.7 Å². The zero-order chi connectivity index (χ0) is 28.8. The molecule has 1 aliphatic heterocycles. The van der Waals surface area contributed by atoms with Crippen molar-refractivity contribution in [2.24, 2.45) is 11.3 Å². The number of anilines is 2. The Balaban J connectivity index is 1.45. The van der Waals surface area contributed by atoms with Crippen LogP contribution in [0.15, 0.2) is 36.4 Å². The molecule has 214 valence electrons. The van der Waals surface area contributed by atoms with Crippen molar-refractivity contribution in [1.82, 2.24) is 9.78 Å². The number of carbonyl (C=O) groups is 2. The van der Waals surface area contributed by atoms with Crippen LogP contribution >= 0.6 is 11.3 Å². The van der Waals surface area contributed by atoms with Gasteiger partial charge >= 0.3 is 12.1 Å². The Morgan fingerprint density at radius 2 is 1.93 bits per heavy atom. The third kappa shape index (κ3) is 5.48. The van der Waals surface area contributed by atoms with Crippen molar-refractivity contribution in [3.05, 3.63) is 63.7 Å². The second-order valence-corrected chi connectivity index (χ2v) is 12.6. The Labute approximate surface area is 235 Å². The van der Waals surface area contributed by atoms with E-state index in [4.69, 9.17) is 4.74 Å². The van der Waals surface area contributed by atoms with Crippen LogP contribution in [0.1, 0.15) is 89.5 Å². The fourth-order valence-corrected chi connectivity index (χ4v) is 6.90. The average Bonchev–Trinajstić information content (AvgIpc) is 3.48. The highest BCUT2D eigenvalue weighted by Crippen LogP contribution is 2.46. The van der Waals surface area contributed by atoms with Crippen LogP contribution in [0.25, 0.3) is 0 Å². The van der Waals surface area contributed by atoms with Crippen molar-refractivity contribution in [3.8, 4) is 0 Å². The van der Waals surface area contributed by atoms with Crippen LogP contribution in [0, 0.1) is 11.3 Å². The molecule has 2 N–H and O–H groups in total. The number of nitrogens with one attached hydrogen (secondary N) is 2. The lowest BCUT2D eigenvalue weighted by Crippen LogP contribution is -2.35. The van der Waals surface area contributed by atoms with E-state index in [0.29, 0.717) is 28.5 Å². The summed E-state index contributed by atoms with van der Waals surface area (Å²) < 4.78 is 48.4. The smallest absolute Gasteiger partial charge is 0.410 e. The van der Waals surface area contributed by atoms with E-state index in [2.05, 4.69) is 36.5 Å². The number of halogens is 3. The summed E-state index contributed by atoms with van der Waals surface area (Å²) in [6.07, 6.45) is -2.44. The third-order valence-electron chi connectivity index (χ3n) is 7.82. The van der Waals surface area contributed by atoms with Gasteiger partial charge in [-0.15, -0.1) is 11.3 Å². The second-order valence-electron chi connectivity index (χ2n) is 11.4. The number of nitrogens with zero attached hydrogens (tertiary/aromatic N) is 2. The zero-order valence-electron chi connectivity index (χ0n) is 22.9. The topological polar surface area (TPSA) is 85.2 Å². The number of alkyl halides is 3. The number of esters is 1. The number of carbonyl (C=O) groups excluding carboxylic acids is 2. The number of fused-ring (bicyclic) bond motifs is 2. The zero-order valence-corrected chi connectivity index (χ0v) is 23.7. The lowest BCUT2D eigenvalue weighted by atomic mass is 9.72. The molecule has 0 saturated heterocycles. The van der Waals surface area contributed by atoms with Gasteiger partial charge in [-0.05, 0) is 48.6 Å². The molecule has 3 aromatic rings. The third-order valence-corrected chi connectivity index (χ3v) is 8.99. The molecule has 0 spiro atoms. The monoisotopic (exact) mass is 574 g/mol. The highest BCUT2D eigenvalue weighted by molar-refractivity contribution is 7.17. The summed E-state index contributed by atoms with van der Waals surface area (Å²) in [5.41, 5.74) is 1.85. The molecule has 0 bridgehead atoms. The van der Waals surface area contributed by atoms with E-state index in [-0.39, 0.29) is 30.0 Å². The fraction of sp³-hybridized carbons (Fsp3) is 0.483. The van der Waals surface area contributed by atoms with E-state index < -0.39 is 30.1 Å². The number of amides is 1. The Morgan fingerprint density at radius 3 is 2.58 bits per heavy atom. The van der Waals surface area contributed by atoms with E-state index in [9.17, 15) is 22.8 Å². The maximum absolute atomic E-state index is 14.1. The molecule has 1 amide bonds. The van der Waals surface area contributed by atoms with E-state index >= 15 is 0 Å². The Bertz CT molecular complexity index is 1410. The first-order valence-corrected chi connectivity index (χ1v) is 14.3. The summed E-state index contributed by atoms with van der Waals surface area (Å²) in [5.74, 6) is -0.674. The summed E-state index contributed by atoms with van der Waals surface area (Å²) >= 11 is 1.33. The molecule has 3 unspecified atom stereocenters. The van der Waals surface area contributed by atoms with Gasteiger partial charge in [-0.25, -0.2) is 9.48 Å². The van der Waals surface area contributed by atoms with Crippen molar-refractivity contribution in [1.29, 1.82) is 0 Å². The minimum absolute atomic E-state index is 0.0876. The Morgan fingerprint density at radius 1 is 1.20 bits per heavy atom. The number of ether oxygens (including phenoxy) is 1. The van der Waals surface area contributed by atoms with Crippen molar-refractivity contribution in [3.63, 3.8) is 0 Å². The molecule has 7 nitrogen and oxygen atoms in total. The highest BCUT2D eigenvalue weighted by Gasteiger charge is 2.47. The summed E-state index contributed by atoms with van der Waals surface area (Å²) in [4.78, 5) is 27.4. The second kappa shape index (κ2) is 10.6. The van der Waals surface area contributed by atoms with Crippen molar-refractivity contribution in [2.75, 3.05) is 17.2 Å². The van der Waals surface area contributed by atoms with Gasteiger partial charge in [0.1, 0.15) is 10.8 Å². The van der Waals surface area contributed by atoms with Crippen LogP contribution in [0.5, 0.6) is 0 Å². The Hall–Kier alpha value is -3.34. The molecule has 0 saturated carbocycles. The molecule has 0 radical (unpaired) electrons. The first kappa shape index (κ1) is 28.2. The molecule has 40 heavy (non-hydrogen) atoms. The van der Waals surface area contributed by atoms with Crippen LogP contribution in [-0.2, 0) is 17.6 Å². The highest BCUT2D eigenvalue weighted by atomic mass is 32.1. The molecule has 0 fully saturated rings. The lowest BCUT2D eigenvalue weighted by molar-refractivity contribution is -0.173. The van der Waals surface area contributed by atoms with Gasteiger partial charge in [-0.1, -0.05) is 51.1 Å². The van der Waals surface area contributed by atoms with Gasteiger partial charge in [-0.2, -0.15) is 18.3 Å². The lowest BCUT2D eigenvalue weighted by Gasteiger charge is -2.33. The van der Waals surface area contributed by atoms with E-state index in [1.54, 1.807) is 37.3 Å². The summed E-state index contributed by atoms with van der Waals surface area (Å²) in [7, 11) is 0. The van der Waals surface area contributed by atoms with Crippen LogP contribution < -0.4 is 10.6 Å². The van der Waals surface area contributed by atoms with Gasteiger partial charge in [0.05, 0.1) is 18.2 Å². The SMILES string of the molecule is CCOC(=O)c1c(NC(=O)c2cc3n(n2)C(C(F)(F)F)CC(c2ccccc2)N3)sc2c1CCC(C(C)(C)C)C2. The minimum atomic E-state index is -4.56. The van der Waals surface area contributed by atoms with E-state index in [1.165, 1.54) is 17.4 Å². The van der Waals surface area contributed by atoms with Gasteiger partial charge in [0.2, 0.25) is 0 Å². The fourth-order valence-electron chi connectivity index (χ4n) is 5.59. The van der Waals surface area contributed by atoms with Gasteiger partial charge in [0, 0.05) is 17.4 Å². The molecule has 1 aliphatic carbocycles.